The number of phenolic OH excluding ortho intramolecular Hbond substituents is 1. The highest BCUT2D eigenvalue weighted by molar-refractivity contribution is 5.39. The third kappa shape index (κ3) is 4.08. The number of aromatic hydroxyl groups is 1. The Labute approximate surface area is 196 Å². The second-order valence-corrected chi connectivity index (χ2v) is 9.93. The smallest absolute Gasteiger partial charge is 0.121 e. The van der Waals surface area contributed by atoms with Gasteiger partial charge in [-0.25, -0.2) is 0 Å². The third-order valence-corrected chi connectivity index (χ3v) is 8.26. The molecule has 3 heterocycles. The van der Waals surface area contributed by atoms with Crippen LogP contribution in [-0.4, -0.2) is 47.5 Å². The van der Waals surface area contributed by atoms with Crippen LogP contribution in [0, 0.1) is 5.41 Å². The molecule has 3 aromatic carbocycles. The van der Waals surface area contributed by atoms with Crippen LogP contribution in [0.1, 0.15) is 36.0 Å². The molecule has 0 aromatic heterocycles. The third-order valence-electron chi connectivity index (χ3n) is 8.26. The second-order valence-electron chi connectivity index (χ2n) is 9.93. The first-order chi connectivity index (χ1) is 16.1. The molecule has 4 nitrogen and oxygen atoms in total. The Bertz CT molecular complexity index is 985. The molecule has 0 atom stereocenters. The summed E-state index contributed by atoms with van der Waals surface area (Å²) in [6.45, 7) is 5.59. The largest absolute Gasteiger partial charge is 0.508 e. The van der Waals surface area contributed by atoms with Gasteiger partial charge in [-0.05, 0) is 28.8 Å². The molecule has 0 spiro atoms. The average Bonchev–Trinajstić information content (AvgIpc) is 2.89. The molecule has 0 radical (unpaired) electrons. The van der Waals surface area contributed by atoms with Gasteiger partial charge in [0.1, 0.15) is 17.9 Å². The summed E-state index contributed by atoms with van der Waals surface area (Å²) in [4.78, 5) is 0. The molecule has 172 valence electrons. The summed E-state index contributed by atoms with van der Waals surface area (Å²) in [5.41, 5.74) is 2.00. The van der Waals surface area contributed by atoms with Crippen LogP contribution < -0.4 is 0 Å². The zero-order valence-electron chi connectivity index (χ0n) is 19.2. The summed E-state index contributed by atoms with van der Waals surface area (Å²) >= 11 is 0. The summed E-state index contributed by atoms with van der Waals surface area (Å²) in [5, 5.41) is 21.9. The van der Waals surface area contributed by atoms with E-state index in [1.165, 1.54) is 0 Å². The van der Waals surface area contributed by atoms with Gasteiger partial charge >= 0.3 is 0 Å². The number of phenols is 1. The van der Waals surface area contributed by atoms with E-state index in [2.05, 4.69) is 24.3 Å². The summed E-state index contributed by atoms with van der Waals surface area (Å²) in [6.07, 6.45) is 3.06. The number of fused-ring (bicyclic) bond motifs is 3. The molecule has 2 N–H and O–H groups in total. The highest BCUT2D eigenvalue weighted by atomic mass is 16.5. The molecule has 3 aromatic rings. The predicted molar refractivity (Wildman–Crippen MR) is 130 cm³/mol. The number of ether oxygens (including phenoxy) is 1. The Morgan fingerprint density at radius 3 is 1.79 bits per heavy atom. The Morgan fingerprint density at radius 1 is 0.758 bits per heavy atom. The molecule has 2 bridgehead atoms. The Kier molecular flexibility index (Phi) is 6.00. The van der Waals surface area contributed by atoms with Crippen LogP contribution >= 0.6 is 0 Å². The van der Waals surface area contributed by atoms with Gasteiger partial charge in [0, 0.05) is 24.7 Å². The van der Waals surface area contributed by atoms with Gasteiger partial charge in [0.05, 0.1) is 32.8 Å². The van der Waals surface area contributed by atoms with E-state index < -0.39 is 5.60 Å². The lowest BCUT2D eigenvalue weighted by atomic mass is 9.56. The SMILES string of the molecule is Oc1ccc(COCC[N+]23CCC(C(O)(c4ccccc4)c4ccccc4)(CC2)CC3)cc1. The number of benzene rings is 3. The van der Waals surface area contributed by atoms with Crippen molar-refractivity contribution in [1.29, 1.82) is 0 Å². The molecule has 3 saturated heterocycles. The van der Waals surface area contributed by atoms with E-state index in [0.717, 1.165) is 73.2 Å². The molecule has 6 rings (SSSR count). The molecule has 33 heavy (non-hydrogen) atoms. The first-order valence-corrected chi connectivity index (χ1v) is 12.1. The average molecular weight is 445 g/mol. The molecule has 0 saturated carbocycles. The summed E-state index contributed by atoms with van der Waals surface area (Å²) in [6, 6.07) is 27.8. The van der Waals surface area contributed by atoms with Crippen molar-refractivity contribution in [2.75, 3.05) is 32.8 Å². The van der Waals surface area contributed by atoms with Gasteiger partial charge in [0.15, 0.2) is 0 Å². The van der Waals surface area contributed by atoms with E-state index in [1.54, 1.807) is 12.1 Å². The molecular formula is C29H34NO3+. The topological polar surface area (TPSA) is 49.7 Å². The van der Waals surface area contributed by atoms with Crippen molar-refractivity contribution in [1.82, 2.24) is 0 Å². The maximum absolute atomic E-state index is 12.4. The van der Waals surface area contributed by atoms with Gasteiger partial charge in [-0.1, -0.05) is 72.8 Å². The standard InChI is InChI=1S/C29H33NO3/c31-27-13-11-24(12-14-27)23-33-22-21-30-18-15-28(16-19-30,17-20-30)29(32,25-7-3-1-4-8-25)26-9-5-2-6-10-26/h1-14,32H,15-23H2/p+1. The van der Waals surface area contributed by atoms with Crippen LogP contribution in [0.3, 0.4) is 0 Å². The summed E-state index contributed by atoms with van der Waals surface area (Å²) < 4.78 is 7.09. The van der Waals surface area contributed by atoms with Gasteiger partial charge in [0.2, 0.25) is 0 Å². The van der Waals surface area contributed by atoms with E-state index in [-0.39, 0.29) is 11.2 Å². The van der Waals surface area contributed by atoms with E-state index in [1.807, 2.05) is 48.5 Å². The van der Waals surface area contributed by atoms with Gasteiger partial charge in [0.25, 0.3) is 0 Å². The zero-order chi connectivity index (χ0) is 22.8. The number of rotatable bonds is 8. The molecule has 4 heteroatoms. The number of hydrogen-bond acceptors (Lipinski definition) is 3. The number of piperidine rings is 3. The molecule has 0 unspecified atom stereocenters. The van der Waals surface area contributed by atoms with Gasteiger partial charge in [-0.3, -0.25) is 0 Å². The number of nitrogens with zero attached hydrogens (tertiary/aromatic N) is 1. The van der Waals surface area contributed by atoms with Crippen LogP contribution in [0.25, 0.3) is 0 Å². The number of hydrogen-bond donors (Lipinski definition) is 2. The van der Waals surface area contributed by atoms with Crippen molar-refractivity contribution >= 4 is 0 Å². The number of quaternary nitrogens is 1. The highest BCUT2D eigenvalue weighted by Gasteiger charge is 2.60. The normalized spacial score (nSPS) is 24.6. The van der Waals surface area contributed by atoms with Crippen molar-refractivity contribution in [3.63, 3.8) is 0 Å². The highest BCUT2D eigenvalue weighted by Crippen LogP contribution is 2.57. The Hall–Kier alpha value is -2.66. The first kappa shape index (κ1) is 22.1. The lowest BCUT2D eigenvalue weighted by Crippen LogP contribution is -2.67. The fraction of sp³-hybridized carbons (Fsp3) is 0.379. The Morgan fingerprint density at radius 2 is 1.27 bits per heavy atom. The minimum Gasteiger partial charge on any atom is -0.508 e. The van der Waals surface area contributed by atoms with Crippen LogP contribution in [-0.2, 0) is 16.9 Å². The molecule has 3 aliphatic rings. The molecule has 0 aliphatic carbocycles. The maximum atomic E-state index is 12.4. The van der Waals surface area contributed by atoms with Gasteiger partial charge < -0.3 is 19.4 Å². The molecular weight excluding hydrogens is 410 g/mol. The quantitative estimate of drug-likeness (QED) is 0.386. The van der Waals surface area contributed by atoms with Gasteiger partial charge in [-0.15, -0.1) is 0 Å². The van der Waals surface area contributed by atoms with Crippen LogP contribution in [0.15, 0.2) is 84.9 Å². The van der Waals surface area contributed by atoms with Crippen molar-refractivity contribution < 1.29 is 19.4 Å². The second kappa shape index (κ2) is 8.94. The number of aliphatic hydroxyl groups is 1. The monoisotopic (exact) mass is 444 g/mol. The Balaban J connectivity index is 1.28. The first-order valence-electron chi connectivity index (χ1n) is 12.1. The van der Waals surface area contributed by atoms with E-state index in [4.69, 9.17) is 4.74 Å². The zero-order valence-corrected chi connectivity index (χ0v) is 19.2. The van der Waals surface area contributed by atoms with Crippen LogP contribution in [0.4, 0.5) is 0 Å². The minimum atomic E-state index is -0.971. The summed E-state index contributed by atoms with van der Waals surface area (Å²) in [5.74, 6) is 0.285. The van der Waals surface area contributed by atoms with Crippen LogP contribution in [0.5, 0.6) is 5.75 Å². The minimum absolute atomic E-state index is 0.136. The molecule has 3 fully saturated rings. The van der Waals surface area contributed by atoms with E-state index in [9.17, 15) is 10.2 Å². The van der Waals surface area contributed by atoms with Crippen molar-refractivity contribution in [2.24, 2.45) is 5.41 Å². The van der Waals surface area contributed by atoms with Crippen LogP contribution in [0.2, 0.25) is 0 Å². The fourth-order valence-electron chi connectivity index (χ4n) is 6.12. The molecule has 3 aliphatic heterocycles. The predicted octanol–water partition coefficient (Wildman–Crippen LogP) is 4.85. The lowest BCUT2D eigenvalue weighted by molar-refractivity contribution is -0.946. The van der Waals surface area contributed by atoms with Crippen molar-refractivity contribution in [3.05, 3.63) is 102 Å². The lowest BCUT2D eigenvalue weighted by Gasteiger charge is -2.60. The van der Waals surface area contributed by atoms with Crippen molar-refractivity contribution in [2.45, 2.75) is 31.5 Å². The van der Waals surface area contributed by atoms with Crippen molar-refractivity contribution in [3.8, 4) is 5.75 Å². The fourth-order valence-corrected chi connectivity index (χ4v) is 6.12. The molecule has 0 amide bonds. The van der Waals surface area contributed by atoms with Gasteiger partial charge in [-0.2, -0.15) is 0 Å². The van der Waals surface area contributed by atoms with E-state index in [0.29, 0.717) is 6.61 Å². The maximum Gasteiger partial charge on any atom is 0.121 e. The van der Waals surface area contributed by atoms with E-state index >= 15 is 0 Å². The summed E-state index contributed by atoms with van der Waals surface area (Å²) in [7, 11) is 0.